The summed E-state index contributed by atoms with van der Waals surface area (Å²) in [5, 5.41) is 13.0. The topological polar surface area (TPSA) is 35.8 Å². The predicted octanol–water partition coefficient (Wildman–Crippen LogP) is 4.48. The van der Waals surface area contributed by atoms with E-state index in [-0.39, 0.29) is 5.41 Å². The fourth-order valence-electron chi connectivity index (χ4n) is 2.83. The number of halogens is 1. The molecule has 20 heavy (non-hydrogen) atoms. The molecule has 2 nitrogen and oxygen atoms in total. The van der Waals surface area contributed by atoms with Gasteiger partial charge in [-0.3, -0.25) is 0 Å². The Morgan fingerprint density at radius 1 is 1.05 bits per heavy atom. The average Bonchev–Trinajstić information content (AvgIpc) is 2.45. The quantitative estimate of drug-likeness (QED) is 0.902. The van der Waals surface area contributed by atoms with Crippen LogP contribution in [0.15, 0.2) is 59.1 Å². The van der Waals surface area contributed by atoms with Gasteiger partial charge >= 0.3 is 0 Å². The van der Waals surface area contributed by atoms with Crippen LogP contribution in [0.3, 0.4) is 0 Å². The molecule has 0 spiro atoms. The molecule has 0 aromatic heterocycles. The largest absolute Gasteiger partial charge is 0.381 e. The Morgan fingerprint density at radius 3 is 2.35 bits per heavy atom. The lowest BCUT2D eigenvalue weighted by Gasteiger charge is -2.43. The Labute approximate surface area is 127 Å². The molecular formula is C17H15BrN2. The van der Waals surface area contributed by atoms with Crippen LogP contribution in [0.1, 0.15) is 18.4 Å². The van der Waals surface area contributed by atoms with Crippen molar-refractivity contribution in [3.8, 4) is 6.07 Å². The maximum Gasteiger partial charge on any atom is 0.0861 e. The summed E-state index contributed by atoms with van der Waals surface area (Å²) in [5.74, 6) is 0. The second-order valence-corrected chi connectivity index (χ2v) is 6.14. The standard InChI is InChI=1S/C17H15BrN2/c18-15-8-4-5-9-16(15)20-14-10-17(11-14,12-19)13-6-2-1-3-7-13/h1-9,14,20H,10-11H2. The molecular weight excluding hydrogens is 312 g/mol. The van der Waals surface area contributed by atoms with Gasteiger partial charge in [-0.2, -0.15) is 5.26 Å². The van der Waals surface area contributed by atoms with Gasteiger partial charge in [-0.25, -0.2) is 0 Å². The molecule has 0 amide bonds. The van der Waals surface area contributed by atoms with Crippen LogP contribution in [0.2, 0.25) is 0 Å². The molecule has 1 N–H and O–H groups in total. The highest BCUT2D eigenvalue weighted by Gasteiger charge is 2.46. The highest BCUT2D eigenvalue weighted by molar-refractivity contribution is 9.10. The molecule has 100 valence electrons. The van der Waals surface area contributed by atoms with Crippen molar-refractivity contribution in [1.29, 1.82) is 5.26 Å². The van der Waals surface area contributed by atoms with Crippen molar-refractivity contribution in [2.24, 2.45) is 0 Å². The number of benzene rings is 2. The molecule has 1 aliphatic rings. The van der Waals surface area contributed by atoms with Gasteiger partial charge in [0.15, 0.2) is 0 Å². The average molecular weight is 327 g/mol. The molecule has 1 fully saturated rings. The van der Waals surface area contributed by atoms with E-state index in [0.29, 0.717) is 6.04 Å². The number of para-hydroxylation sites is 1. The Morgan fingerprint density at radius 2 is 1.70 bits per heavy atom. The van der Waals surface area contributed by atoms with E-state index < -0.39 is 0 Å². The van der Waals surface area contributed by atoms with Crippen molar-refractivity contribution in [2.75, 3.05) is 5.32 Å². The molecule has 2 aromatic rings. The van der Waals surface area contributed by atoms with Crippen molar-refractivity contribution < 1.29 is 0 Å². The summed E-state index contributed by atoms with van der Waals surface area (Å²) in [7, 11) is 0. The summed E-state index contributed by atoms with van der Waals surface area (Å²) in [6.45, 7) is 0. The molecule has 0 saturated heterocycles. The van der Waals surface area contributed by atoms with E-state index in [1.165, 1.54) is 0 Å². The first kappa shape index (κ1) is 13.2. The van der Waals surface area contributed by atoms with E-state index in [2.05, 4.69) is 45.5 Å². The van der Waals surface area contributed by atoms with Crippen LogP contribution < -0.4 is 5.32 Å². The van der Waals surface area contributed by atoms with E-state index in [4.69, 9.17) is 0 Å². The van der Waals surface area contributed by atoms with Crippen LogP contribution in [-0.4, -0.2) is 6.04 Å². The smallest absolute Gasteiger partial charge is 0.0861 e. The highest BCUT2D eigenvalue weighted by Crippen LogP contribution is 2.44. The van der Waals surface area contributed by atoms with Crippen molar-refractivity contribution in [3.05, 3.63) is 64.6 Å². The first-order valence-electron chi connectivity index (χ1n) is 6.71. The number of nitrogens with zero attached hydrogens (tertiary/aromatic N) is 1. The molecule has 1 saturated carbocycles. The third kappa shape index (κ3) is 2.32. The van der Waals surface area contributed by atoms with Crippen molar-refractivity contribution in [3.63, 3.8) is 0 Å². The molecule has 3 rings (SSSR count). The van der Waals surface area contributed by atoms with E-state index >= 15 is 0 Å². The highest BCUT2D eigenvalue weighted by atomic mass is 79.9. The van der Waals surface area contributed by atoms with Gasteiger partial charge in [-0.05, 0) is 46.5 Å². The van der Waals surface area contributed by atoms with E-state index in [1.54, 1.807) is 0 Å². The zero-order valence-corrected chi connectivity index (χ0v) is 12.6. The van der Waals surface area contributed by atoms with Gasteiger partial charge in [0.2, 0.25) is 0 Å². The lowest BCUT2D eigenvalue weighted by atomic mass is 9.62. The van der Waals surface area contributed by atoms with Crippen molar-refractivity contribution in [1.82, 2.24) is 0 Å². The third-order valence-corrected chi connectivity index (χ3v) is 4.66. The lowest BCUT2D eigenvalue weighted by molar-refractivity contribution is 0.289. The molecule has 0 aliphatic heterocycles. The van der Waals surface area contributed by atoms with Crippen LogP contribution >= 0.6 is 15.9 Å². The van der Waals surface area contributed by atoms with E-state index in [9.17, 15) is 5.26 Å². The molecule has 1 aliphatic carbocycles. The normalized spacial score (nSPS) is 24.5. The number of rotatable bonds is 3. The van der Waals surface area contributed by atoms with Gasteiger partial charge in [-0.15, -0.1) is 0 Å². The maximum atomic E-state index is 9.54. The fourth-order valence-corrected chi connectivity index (χ4v) is 3.23. The summed E-state index contributed by atoms with van der Waals surface area (Å²) >= 11 is 3.54. The first-order valence-corrected chi connectivity index (χ1v) is 7.51. The minimum absolute atomic E-state index is 0.319. The summed E-state index contributed by atoms with van der Waals surface area (Å²) < 4.78 is 1.06. The van der Waals surface area contributed by atoms with Crippen molar-refractivity contribution in [2.45, 2.75) is 24.3 Å². The monoisotopic (exact) mass is 326 g/mol. The summed E-state index contributed by atoms with van der Waals surface area (Å²) in [5.41, 5.74) is 1.91. The fraction of sp³-hybridized carbons (Fsp3) is 0.235. The Bertz CT molecular complexity index is 640. The Balaban J connectivity index is 1.72. The van der Waals surface area contributed by atoms with Gasteiger partial charge in [0.25, 0.3) is 0 Å². The van der Waals surface area contributed by atoms with Gasteiger partial charge in [0.05, 0.1) is 11.5 Å². The molecule has 0 atom stereocenters. The number of hydrogen-bond acceptors (Lipinski definition) is 2. The Kier molecular flexibility index (Phi) is 3.50. The van der Waals surface area contributed by atoms with Crippen molar-refractivity contribution >= 4 is 21.6 Å². The molecule has 0 heterocycles. The van der Waals surface area contributed by atoms with Crippen LogP contribution in [-0.2, 0) is 5.41 Å². The minimum atomic E-state index is -0.319. The third-order valence-electron chi connectivity index (χ3n) is 3.96. The minimum Gasteiger partial charge on any atom is -0.381 e. The van der Waals surface area contributed by atoms with E-state index in [0.717, 1.165) is 28.6 Å². The molecule has 0 radical (unpaired) electrons. The number of hydrogen-bond donors (Lipinski definition) is 1. The number of nitrogens with one attached hydrogen (secondary N) is 1. The molecule has 3 heteroatoms. The van der Waals surface area contributed by atoms with Crippen LogP contribution in [0.25, 0.3) is 0 Å². The second-order valence-electron chi connectivity index (χ2n) is 5.29. The molecule has 0 bridgehead atoms. The SMILES string of the molecule is N#CC1(c2ccccc2)CC(Nc2ccccc2Br)C1. The van der Waals surface area contributed by atoms with Crippen LogP contribution in [0, 0.1) is 11.3 Å². The zero-order valence-electron chi connectivity index (χ0n) is 11.0. The Hall–Kier alpha value is -1.79. The van der Waals surface area contributed by atoms with Crippen LogP contribution in [0.5, 0.6) is 0 Å². The molecule has 2 aromatic carbocycles. The van der Waals surface area contributed by atoms with Crippen LogP contribution in [0.4, 0.5) is 5.69 Å². The summed E-state index contributed by atoms with van der Waals surface area (Å²) in [6, 6.07) is 21.1. The van der Waals surface area contributed by atoms with Gasteiger partial charge in [0.1, 0.15) is 0 Å². The first-order chi connectivity index (χ1) is 9.73. The second kappa shape index (κ2) is 5.30. The molecule has 0 unspecified atom stereocenters. The van der Waals surface area contributed by atoms with Gasteiger partial charge in [-0.1, -0.05) is 42.5 Å². The summed E-state index contributed by atoms with van der Waals surface area (Å²) in [4.78, 5) is 0. The zero-order chi connectivity index (χ0) is 14.0. The van der Waals surface area contributed by atoms with E-state index in [1.807, 2.05) is 36.4 Å². The maximum absolute atomic E-state index is 9.54. The number of anilines is 1. The van der Waals surface area contributed by atoms with Gasteiger partial charge < -0.3 is 5.32 Å². The lowest BCUT2D eigenvalue weighted by Crippen LogP contribution is -2.47. The number of nitriles is 1. The summed E-state index contributed by atoms with van der Waals surface area (Å²) in [6.07, 6.45) is 1.71. The van der Waals surface area contributed by atoms with Gasteiger partial charge in [0, 0.05) is 16.2 Å². The predicted molar refractivity (Wildman–Crippen MR) is 84.5 cm³/mol.